The highest BCUT2D eigenvalue weighted by Crippen LogP contribution is 2.30. The Kier molecular flexibility index (Phi) is 6.32. The molecule has 26 heavy (non-hydrogen) atoms. The van der Waals surface area contributed by atoms with Crippen LogP contribution in [-0.2, 0) is 0 Å². The Labute approximate surface area is 148 Å². The number of rotatable bonds is 7. The Hall–Kier alpha value is -2.90. The second-order valence-corrected chi connectivity index (χ2v) is 5.15. The van der Waals surface area contributed by atoms with Crippen LogP contribution in [0, 0.1) is 0 Å². The van der Waals surface area contributed by atoms with Crippen LogP contribution in [0.15, 0.2) is 42.5 Å². The first-order chi connectivity index (χ1) is 12.3. The Bertz CT molecular complexity index is 762. The number of hydrogen-bond acceptors (Lipinski definition) is 4. The summed E-state index contributed by atoms with van der Waals surface area (Å²) in [5.74, 6) is 0.273. The maximum absolute atomic E-state index is 12.4. The van der Waals surface area contributed by atoms with Gasteiger partial charge in [-0.15, -0.1) is 0 Å². The summed E-state index contributed by atoms with van der Waals surface area (Å²) in [6.07, 6.45) is -4.47. The van der Waals surface area contributed by atoms with Crippen molar-refractivity contribution in [3.63, 3.8) is 0 Å². The minimum atomic E-state index is -4.47. The standard InChI is InChI=1S/C18H18F3NO4/c1-3-25-16-10-12(8-9-15(16)24-2)17(23)22-13-6-4-5-7-14(13)26-11-18(19,20)21/h4-10H,3,11H2,1-2H3,(H,22,23). The van der Waals surface area contributed by atoms with Gasteiger partial charge in [0.1, 0.15) is 5.75 Å². The Morgan fingerprint density at radius 2 is 1.77 bits per heavy atom. The number of alkyl halides is 3. The predicted octanol–water partition coefficient (Wildman–Crippen LogP) is 4.29. The average Bonchev–Trinajstić information content (AvgIpc) is 2.60. The molecular weight excluding hydrogens is 351 g/mol. The maximum atomic E-state index is 12.4. The fourth-order valence-corrected chi connectivity index (χ4v) is 2.14. The summed E-state index contributed by atoms with van der Waals surface area (Å²) < 4.78 is 52.4. The van der Waals surface area contributed by atoms with Gasteiger partial charge in [-0.2, -0.15) is 13.2 Å². The molecule has 0 unspecified atom stereocenters. The van der Waals surface area contributed by atoms with Crippen LogP contribution in [0.2, 0.25) is 0 Å². The molecule has 0 aliphatic rings. The van der Waals surface area contributed by atoms with Crippen molar-refractivity contribution in [2.24, 2.45) is 0 Å². The lowest BCUT2D eigenvalue weighted by Gasteiger charge is -2.14. The Balaban J connectivity index is 2.18. The van der Waals surface area contributed by atoms with E-state index >= 15 is 0 Å². The van der Waals surface area contributed by atoms with Gasteiger partial charge < -0.3 is 19.5 Å². The van der Waals surface area contributed by atoms with Crippen molar-refractivity contribution >= 4 is 11.6 Å². The number of anilines is 1. The molecule has 0 aromatic heterocycles. The SMILES string of the molecule is CCOc1cc(C(=O)Nc2ccccc2OCC(F)(F)F)ccc1OC. The highest BCUT2D eigenvalue weighted by molar-refractivity contribution is 6.05. The molecule has 2 rings (SSSR count). The van der Waals surface area contributed by atoms with E-state index in [4.69, 9.17) is 14.2 Å². The van der Waals surface area contributed by atoms with E-state index in [0.717, 1.165) is 0 Å². The Morgan fingerprint density at radius 3 is 2.42 bits per heavy atom. The molecule has 0 spiro atoms. The molecule has 0 heterocycles. The monoisotopic (exact) mass is 369 g/mol. The van der Waals surface area contributed by atoms with Crippen LogP contribution in [0.1, 0.15) is 17.3 Å². The molecule has 0 radical (unpaired) electrons. The normalized spacial score (nSPS) is 11.0. The molecule has 0 aliphatic heterocycles. The number of halogens is 3. The van der Waals surface area contributed by atoms with Gasteiger partial charge in [0.05, 0.1) is 19.4 Å². The van der Waals surface area contributed by atoms with E-state index in [0.29, 0.717) is 18.1 Å². The van der Waals surface area contributed by atoms with E-state index in [2.05, 4.69) is 5.32 Å². The molecule has 5 nitrogen and oxygen atoms in total. The molecular formula is C18H18F3NO4. The number of benzene rings is 2. The lowest BCUT2D eigenvalue weighted by Crippen LogP contribution is -2.20. The zero-order chi connectivity index (χ0) is 19.2. The zero-order valence-electron chi connectivity index (χ0n) is 14.2. The topological polar surface area (TPSA) is 56.8 Å². The number of amides is 1. The molecule has 0 aliphatic carbocycles. The highest BCUT2D eigenvalue weighted by atomic mass is 19.4. The largest absolute Gasteiger partial charge is 0.493 e. The van der Waals surface area contributed by atoms with Crippen molar-refractivity contribution in [1.29, 1.82) is 0 Å². The van der Waals surface area contributed by atoms with Crippen LogP contribution in [0.4, 0.5) is 18.9 Å². The van der Waals surface area contributed by atoms with Gasteiger partial charge in [-0.1, -0.05) is 12.1 Å². The van der Waals surface area contributed by atoms with E-state index in [-0.39, 0.29) is 17.0 Å². The molecule has 0 bridgehead atoms. The van der Waals surface area contributed by atoms with Crippen molar-refractivity contribution in [2.75, 3.05) is 25.6 Å². The predicted molar refractivity (Wildman–Crippen MR) is 90.1 cm³/mol. The summed E-state index contributed by atoms with van der Waals surface area (Å²) in [6.45, 7) is 0.729. The number of para-hydroxylation sites is 2. The van der Waals surface area contributed by atoms with E-state index in [1.165, 1.54) is 37.4 Å². The van der Waals surface area contributed by atoms with Crippen LogP contribution >= 0.6 is 0 Å². The van der Waals surface area contributed by atoms with Gasteiger partial charge in [-0.25, -0.2) is 0 Å². The molecule has 2 aromatic rings. The fourth-order valence-electron chi connectivity index (χ4n) is 2.14. The van der Waals surface area contributed by atoms with Gasteiger partial charge in [-0.3, -0.25) is 4.79 Å². The lowest BCUT2D eigenvalue weighted by molar-refractivity contribution is -0.153. The van der Waals surface area contributed by atoms with Gasteiger partial charge >= 0.3 is 6.18 Å². The molecule has 0 atom stereocenters. The van der Waals surface area contributed by atoms with E-state index in [1.54, 1.807) is 19.1 Å². The van der Waals surface area contributed by atoms with Crippen molar-refractivity contribution in [3.05, 3.63) is 48.0 Å². The Morgan fingerprint density at radius 1 is 1.04 bits per heavy atom. The summed E-state index contributed by atoms with van der Waals surface area (Å²) in [7, 11) is 1.48. The molecule has 8 heteroatoms. The van der Waals surface area contributed by atoms with Crippen molar-refractivity contribution in [2.45, 2.75) is 13.1 Å². The first kappa shape index (κ1) is 19.4. The maximum Gasteiger partial charge on any atom is 0.422 e. The van der Waals surface area contributed by atoms with Crippen LogP contribution in [-0.4, -0.2) is 32.4 Å². The van der Waals surface area contributed by atoms with Gasteiger partial charge in [0, 0.05) is 5.56 Å². The second kappa shape index (κ2) is 8.46. The number of nitrogens with one attached hydrogen (secondary N) is 1. The number of hydrogen-bond donors (Lipinski definition) is 1. The summed E-state index contributed by atoms with van der Waals surface area (Å²) in [4.78, 5) is 12.4. The molecule has 0 fully saturated rings. The van der Waals surface area contributed by atoms with Crippen molar-refractivity contribution in [1.82, 2.24) is 0 Å². The van der Waals surface area contributed by atoms with Gasteiger partial charge in [0.25, 0.3) is 5.91 Å². The first-order valence-electron chi connectivity index (χ1n) is 7.75. The van der Waals surface area contributed by atoms with Gasteiger partial charge in [0.15, 0.2) is 18.1 Å². The molecule has 2 aromatic carbocycles. The average molecular weight is 369 g/mol. The quantitative estimate of drug-likeness (QED) is 0.791. The van der Waals surface area contributed by atoms with Crippen molar-refractivity contribution < 1.29 is 32.2 Å². The fraction of sp³-hybridized carbons (Fsp3) is 0.278. The van der Waals surface area contributed by atoms with E-state index in [1.807, 2.05) is 0 Å². The van der Waals surface area contributed by atoms with E-state index in [9.17, 15) is 18.0 Å². The van der Waals surface area contributed by atoms with Crippen LogP contribution in [0.25, 0.3) is 0 Å². The molecule has 0 saturated heterocycles. The second-order valence-electron chi connectivity index (χ2n) is 5.15. The smallest absolute Gasteiger partial charge is 0.422 e. The number of carbonyl (C=O) groups excluding carboxylic acids is 1. The van der Waals surface area contributed by atoms with E-state index < -0.39 is 18.7 Å². The first-order valence-corrected chi connectivity index (χ1v) is 7.75. The lowest BCUT2D eigenvalue weighted by atomic mass is 10.1. The third-order valence-electron chi connectivity index (χ3n) is 3.25. The number of ether oxygens (including phenoxy) is 3. The number of methoxy groups -OCH3 is 1. The summed E-state index contributed by atoms with van der Waals surface area (Å²) >= 11 is 0. The minimum absolute atomic E-state index is 0.0725. The summed E-state index contributed by atoms with van der Waals surface area (Å²) in [6, 6.07) is 10.5. The van der Waals surface area contributed by atoms with Crippen LogP contribution in [0.3, 0.4) is 0 Å². The molecule has 140 valence electrons. The molecule has 0 saturated carbocycles. The van der Waals surface area contributed by atoms with Gasteiger partial charge in [0.2, 0.25) is 0 Å². The minimum Gasteiger partial charge on any atom is -0.493 e. The number of carbonyl (C=O) groups is 1. The zero-order valence-corrected chi connectivity index (χ0v) is 14.2. The third-order valence-corrected chi connectivity index (χ3v) is 3.25. The molecule has 1 amide bonds. The van der Waals surface area contributed by atoms with Crippen molar-refractivity contribution in [3.8, 4) is 17.2 Å². The summed E-state index contributed by atoms with van der Waals surface area (Å²) in [5.41, 5.74) is 0.399. The highest BCUT2D eigenvalue weighted by Gasteiger charge is 2.29. The summed E-state index contributed by atoms with van der Waals surface area (Å²) in [5, 5.41) is 2.54. The third kappa shape index (κ3) is 5.30. The van der Waals surface area contributed by atoms with Crippen LogP contribution < -0.4 is 19.5 Å². The molecule has 1 N–H and O–H groups in total. The van der Waals surface area contributed by atoms with Gasteiger partial charge in [-0.05, 0) is 37.3 Å². The van der Waals surface area contributed by atoms with Crippen LogP contribution in [0.5, 0.6) is 17.2 Å².